The zero-order valence-corrected chi connectivity index (χ0v) is 11.7. The molecular weight excluding hydrogens is 228 g/mol. The number of nitrogens with zero attached hydrogens (tertiary/aromatic N) is 2. The number of hydrogen-bond acceptors (Lipinski definition) is 3. The average molecular weight is 250 g/mol. The van der Waals surface area contributed by atoms with E-state index in [1.807, 2.05) is 0 Å². The van der Waals surface area contributed by atoms with Gasteiger partial charge in [-0.05, 0) is 31.0 Å². The summed E-state index contributed by atoms with van der Waals surface area (Å²) in [5.41, 5.74) is 4.23. The van der Waals surface area contributed by atoms with Gasteiger partial charge in [0.2, 0.25) is 0 Å². The number of anilines is 1. The molecule has 1 saturated heterocycles. The van der Waals surface area contributed by atoms with Crippen LogP contribution in [0.3, 0.4) is 0 Å². The lowest BCUT2D eigenvalue weighted by molar-refractivity contribution is 0.273. The second kappa shape index (κ2) is 5.78. The third-order valence-electron chi connectivity index (χ3n) is 3.71. The Hall–Kier alpha value is -0.670. The number of aryl methyl sites for hydroxylation is 1. The summed E-state index contributed by atoms with van der Waals surface area (Å²) in [6, 6.07) is 6.60. The predicted octanol–water partition coefficient (Wildman–Crippen LogP) is 2.36. The van der Waals surface area contributed by atoms with Gasteiger partial charge in [-0.25, -0.2) is 0 Å². The summed E-state index contributed by atoms with van der Waals surface area (Å²) in [5.74, 6) is 0.962. The van der Waals surface area contributed by atoms with E-state index in [9.17, 15) is 0 Å². The fourth-order valence-corrected chi connectivity index (χ4v) is 2.71. The molecule has 94 valence electrons. The van der Waals surface area contributed by atoms with Gasteiger partial charge in [0.25, 0.3) is 0 Å². The Kier molecular flexibility index (Phi) is 4.35. The van der Waals surface area contributed by atoms with Crippen LogP contribution in [-0.2, 0) is 0 Å². The normalized spacial score (nSPS) is 17.5. The lowest BCUT2D eigenvalue weighted by Crippen LogP contribution is -2.47. The second-order valence-electron chi connectivity index (χ2n) is 4.77. The molecular formula is C14H22N2S. The molecule has 0 bridgehead atoms. The minimum absolute atomic E-state index is 0.962. The van der Waals surface area contributed by atoms with Crippen LogP contribution in [0.2, 0.25) is 0 Å². The van der Waals surface area contributed by atoms with Crippen LogP contribution in [0.25, 0.3) is 0 Å². The van der Waals surface area contributed by atoms with E-state index >= 15 is 0 Å². The Morgan fingerprint density at radius 3 is 2.47 bits per heavy atom. The minimum Gasteiger partial charge on any atom is -0.369 e. The molecule has 0 N–H and O–H groups in total. The number of rotatable bonds is 3. The van der Waals surface area contributed by atoms with Crippen LogP contribution in [0.1, 0.15) is 11.1 Å². The summed E-state index contributed by atoms with van der Waals surface area (Å²) in [6.45, 7) is 10.1. The first-order valence-corrected chi connectivity index (χ1v) is 7.00. The molecule has 0 amide bonds. The molecule has 0 saturated carbocycles. The van der Waals surface area contributed by atoms with Crippen LogP contribution >= 0.6 is 12.6 Å². The molecule has 1 aliphatic heterocycles. The largest absolute Gasteiger partial charge is 0.369 e. The molecule has 2 nitrogen and oxygen atoms in total. The van der Waals surface area contributed by atoms with E-state index in [0.29, 0.717) is 0 Å². The molecule has 1 fully saturated rings. The van der Waals surface area contributed by atoms with Crippen LogP contribution < -0.4 is 4.90 Å². The van der Waals surface area contributed by atoms with Crippen LogP contribution in [0.4, 0.5) is 5.69 Å². The van der Waals surface area contributed by atoms with Gasteiger partial charge < -0.3 is 4.90 Å². The van der Waals surface area contributed by atoms with Crippen molar-refractivity contribution in [1.29, 1.82) is 0 Å². The van der Waals surface area contributed by atoms with Gasteiger partial charge in [-0.2, -0.15) is 12.6 Å². The molecule has 0 aromatic heterocycles. The van der Waals surface area contributed by atoms with Crippen molar-refractivity contribution in [2.45, 2.75) is 13.8 Å². The van der Waals surface area contributed by atoms with Gasteiger partial charge in [-0.15, -0.1) is 0 Å². The molecule has 1 heterocycles. The van der Waals surface area contributed by atoms with Gasteiger partial charge in [-0.3, -0.25) is 4.90 Å². The van der Waals surface area contributed by atoms with Crippen molar-refractivity contribution in [3.05, 3.63) is 29.3 Å². The predicted molar refractivity (Wildman–Crippen MR) is 78.4 cm³/mol. The Balaban J connectivity index is 2.03. The highest BCUT2D eigenvalue weighted by molar-refractivity contribution is 7.80. The van der Waals surface area contributed by atoms with Crippen molar-refractivity contribution in [3.63, 3.8) is 0 Å². The van der Waals surface area contributed by atoms with E-state index in [4.69, 9.17) is 0 Å². The molecule has 1 aliphatic rings. The first-order chi connectivity index (χ1) is 8.22. The summed E-state index contributed by atoms with van der Waals surface area (Å²) in [7, 11) is 0. The molecule has 0 unspecified atom stereocenters. The average Bonchev–Trinajstić information content (AvgIpc) is 2.34. The molecule has 0 spiro atoms. The SMILES string of the molecule is Cc1cccc(N2CCN(CCS)CC2)c1C. The van der Waals surface area contributed by atoms with Gasteiger partial charge in [-0.1, -0.05) is 12.1 Å². The number of benzene rings is 1. The summed E-state index contributed by atoms with van der Waals surface area (Å²) >= 11 is 4.30. The maximum atomic E-state index is 4.30. The quantitative estimate of drug-likeness (QED) is 0.823. The third-order valence-corrected chi connectivity index (χ3v) is 3.91. The van der Waals surface area contributed by atoms with E-state index in [0.717, 1.165) is 38.5 Å². The zero-order chi connectivity index (χ0) is 12.3. The van der Waals surface area contributed by atoms with Crippen molar-refractivity contribution in [3.8, 4) is 0 Å². The molecule has 2 rings (SSSR count). The monoisotopic (exact) mass is 250 g/mol. The highest BCUT2D eigenvalue weighted by Crippen LogP contribution is 2.23. The highest BCUT2D eigenvalue weighted by atomic mass is 32.1. The molecule has 1 aromatic carbocycles. The van der Waals surface area contributed by atoms with Crippen LogP contribution in [0.15, 0.2) is 18.2 Å². The van der Waals surface area contributed by atoms with Gasteiger partial charge in [0, 0.05) is 44.2 Å². The molecule has 0 atom stereocenters. The van der Waals surface area contributed by atoms with Crippen molar-refractivity contribution >= 4 is 18.3 Å². The molecule has 0 radical (unpaired) electrons. The van der Waals surface area contributed by atoms with Gasteiger partial charge in [0.05, 0.1) is 0 Å². The van der Waals surface area contributed by atoms with Crippen molar-refractivity contribution in [2.75, 3.05) is 43.4 Å². The standard InChI is InChI=1S/C14H22N2S/c1-12-4-3-5-14(13(12)2)16-8-6-15(7-9-16)10-11-17/h3-5,17H,6-11H2,1-2H3. The fourth-order valence-electron chi connectivity index (χ4n) is 2.43. The fraction of sp³-hybridized carbons (Fsp3) is 0.571. The number of thiol groups is 1. The Morgan fingerprint density at radius 2 is 1.82 bits per heavy atom. The van der Waals surface area contributed by atoms with Crippen LogP contribution in [-0.4, -0.2) is 43.4 Å². The van der Waals surface area contributed by atoms with Crippen molar-refractivity contribution < 1.29 is 0 Å². The topological polar surface area (TPSA) is 6.48 Å². The lowest BCUT2D eigenvalue weighted by atomic mass is 10.1. The highest BCUT2D eigenvalue weighted by Gasteiger charge is 2.17. The summed E-state index contributed by atoms with van der Waals surface area (Å²) in [4.78, 5) is 5.01. The van der Waals surface area contributed by atoms with Gasteiger partial charge >= 0.3 is 0 Å². The number of hydrogen-bond donors (Lipinski definition) is 1. The second-order valence-corrected chi connectivity index (χ2v) is 5.22. The molecule has 17 heavy (non-hydrogen) atoms. The van der Waals surface area contributed by atoms with E-state index < -0.39 is 0 Å². The number of piperazine rings is 1. The van der Waals surface area contributed by atoms with Crippen LogP contribution in [0, 0.1) is 13.8 Å². The first kappa shape index (κ1) is 12.8. The van der Waals surface area contributed by atoms with Gasteiger partial charge in [0.1, 0.15) is 0 Å². The van der Waals surface area contributed by atoms with Crippen molar-refractivity contribution in [2.24, 2.45) is 0 Å². The van der Waals surface area contributed by atoms with Gasteiger partial charge in [0.15, 0.2) is 0 Å². The molecule has 1 aromatic rings. The summed E-state index contributed by atoms with van der Waals surface area (Å²) < 4.78 is 0. The summed E-state index contributed by atoms with van der Waals surface area (Å²) in [5, 5.41) is 0. The van der Waals surface area contributed by atoms with Crippen LogP contribution in [0.5, 0.6) is 0 Å². The Morgan fingerprint density at radius 1 is 1.12 bits per heavy atom. The van der Waals surface area contributed by atoms with E-state index in [2.05, 4.69) is 54.5 Å². The Labute approximate surface area is 110 Å². The van der Waals surface area contributed by atoms with E-state index in [-0.39, 0.29) is 0 Å². The van der Waals surface area contributed by atoms with E-state index in [1.54, 1.807) is 0 Å². The maximum absolute atomic E-state index is 4.30. The minimum atomic E-state index is 0.962. The third kappa shape index (κ3) is 2.96. The lowest BCUT2D eigenvalue weighted by Gasteiger charge is -2.36. The smallest absolute Gasteiger partial charge is 0.0399 e. The zero-order valence-electron chi connectivity index (χ0n) is 10.8. The van der Waals surface area contributed by atoms with Crippen molar-refractivity contribution in [1.82, 2.24) is 4.90 Å². The molecule has 0 aliphatic carbocycles. The Bertz CT molecular complexity index is 370. The van der Waals surface area contributed by atoms with E-state index in [1.165, 1.54) is 16.8 Å². The maximum Gasteiger partial charge on any atom is 0.0399 e. The molecule has 3 heteroatoms. The summed E-state index contributed by atoms with van der Waals surface area (Å²) in [6.07, 6.45) is 0. The first-order valence-electron chi connectivity index (χ1n) is 6.36.